The molecule has 1 aromatic carbocycles. The first-order valence-electron chi connectivity index (χ1n) is 5.88. The summed E-state index contributed by atoms with van der Waals surface area (Å²) in [7, 11) is 0. The number of nitrogens with zero attached hydrogens (tertiary/aromatic N) is 2. The molecule has 0 aliphatic rings. The maximum Gasteiger partial charge on any atom is 0.122 e. The summed E-state index contributed by atoms with van der Waals surface area (Å²) >= 11 is 10.3. The molecule has 0 aliphatic carbocycles. The average molecular weight is 453 g/mol. The molecule has 1 heterocycles. The van der Waals surface area contributed by atoms with Crippen LogP contribution in [-0.2, 0) is 6.54 Å². The number of halogens is 3. The van der Waals surface area contributed by atoms with Crippen LogP contribution < -0.4 is 0 Å². The van der Waals surface area contributed by atoms with Crippen LogP contribution in [0.4, 0.5) is 0 Å². The van der Waals surface area contributed by atoms with Crippen molar-refractivity contribution in [1.29, 1.82) is 0 Å². The Hall–Kier alpha value is -0.170. The monoisotopic (exact) mass is 450 g/mol. The van der Waals surface area contributed by atoms with Gasteiger partial charge in [0.15, 0.2) is 0 Å². The number of hydrogen-bond donors (Lipinski definition) is 1. The van der Waals surface area contributed by atoms with Crippen molar-refractivity contribution in [3.8, 4) is 0 Å². The van der Waals surface area contributed by atoms with E-state index in [2.05, 4.69) is 59.8 Å². The van der Waals surface area contributed by atoms with E-state index >= 15 is 0 Å². The van der Waals surface area contributed by atoms with Crippen LogP contribution >= 0.6 is 47.8 Å². The van der Waals surface area contributed by atoms with Crippen LogP contribution in [0.25, 0.3) is 0 Å². The molecule has 0 fully saturated rings. The zero-order valence-corrected chi connectivity index (χ0v) is 15.0. The van der Waals surface area contributed by atoms with E-state index in [0.29, 0.717) is 0 Å². The van der Waals surface area contributed by atoms with Gasteiger partial charge in [-0.3, -0.25) is 4.68 Å². The molecule has 2 rings (SSSR count). The Bertz CT molecular complexity index is 583. The molecule has 1 N–H and O–H groups in total. The van der Waals surface area contributed by atoms with Crippen LogP contribution in [0.1, 0.15) is 30.7 Å². The summed E-state index contributed by atoms with van der Waals surface area (Å²) in [5.41, 5.74) is 1.62. The van der Waals surface area contributed by atoms with Crippen LogP contribution in [0.2, 0.25) is 0 Å². The van der Waals surface area contributed by atoms with Crippen molar-refractivity contribution in [2.45, 2.75) is 26.0 Å². The lowest BCUT2D eigenvalue weighted by atomic mass is 10.1. The Morgan fingerprint density at radius 3 is 2.58 bits per heavy atom. The van der Waals surface area contributed by atoms with E-state index < -0.39 is 6.10 Å². The fraction of sp³-hybridized carbons (Fsp3) is 0.308. The first-order chi connectivity index (χ1) is 9.04. The van der Waals surface area contributed by atoms with Gasteiger partial charge in [-0.1, -0.05) is 13.0 Å². The van der Waals surface area contributed by atoms with Gasteiger partial charge in [0.1, 0.15) is 6.10 Å². The molecular weight excluding hydrogens is 440 g/mol. The zero-order valence-electron chi connectivity index (χ0n) is 10.3. The molecular formula is C13H13Br3N2O. The van der Waals surface area contributed by atoms with E-state index in [1.807, 2.05) is 22.9 Å². The quantitative estimate of drug-likeness (QED) is 0.732. The van der Waals surface area contributed by atoms with Crippen LogP contribution in [0, 0.1) is 0 Å². The first kappa shape index (κ1) is 15.2. The van der Waals surface area contributed by atoms with Crippen LogP contribution in [-0.4, -0.2) is 14.9 Å². The maximum atomic E-state index is 10.6. The van der Waals surface area contributed by atoms with Crippen molar-refractivity contribution in [3.63, 3.8) is 0 Å². The highest BCUT2D eigenvalue weighted by atomic mass is 79.9. The van der Waals surface area contributed by atoms with Gasteiger partial charge in [0.05, 0.1) is 16.4 Å². The van der Waals surface area contributed by atoms with Crippen molar-refractivity contribution in [2.24, 2.45) is 0 Å². The van der Waals surface area contributed by atoms with Gasteiger partial charge in [-0.25, -0.2) is 0 Å². The van der Waals surface area contributed by atoms with E-state index in [0.717, 1.165) is 37.6 Å². The predicted octanol–water partition coefficient (Wildman–Crippen LogP) is 4.66. The van der Waals surface area contributed by atoms with Gasteiger partial charge < -0.3 is 5.11 Å². The fourth-order valence-electron chi connectivity index (χ4n) is 1.87. The lowest BCUT2D eigenvalue weighted by Gasteiger charge is -2.15. The van der Waals surface area contributed by atoms with Crippen LogP contribution in [0.3, 0.4) is 0 Å². The number of aliphatic hydroxyl groups is 1. The molecule has 1 atom stereocenters. The van der Waals surface area contributed by atoms with Gasteiger partial charge in [0, 0.05) is 15.5 Å². The van der Waals surface area contributed by atoms with Gasteiger partial charge in [-0.05, 0) is 71.9 Å². The van der Waals surface area contributed by atoms with Gasteiger partial charge in [-0.2, -0.15) is 5.10 Å². The zero-order chi connectivity index (χ0) is 14.0. The van der Waals surface area contributed by atoms with Crippen molar-refractivity contribution >= 4 is 47.8 Å². The first-order valence-corrected chi connectivity index (χ1v) is 8.26. The standard InChI is InChI=1S/C13H13Br3N2O/c1-2-5-18-12(11(16)7-17-18)13(19)8-3-4-9(14)10(15)6-8/h3-4,6-7,13,19H,2,5H2,1H3. The molecule has 19 heavy (non-hydrogen) atoms. The number of aromatic nitrogens is 2. The Kier molecular flexibility index (Phi) is 5.22. The maximum absolute atomic E-state index is 10.6. The largest absolute Gasteiger partial charge is 0.382 e. The molecule has 0 radical (unpaired) electrons. The van der Waals surface area contributed by atoms with Gasteiger partial charge in [0.25, 0.3) is 0 Å². The summed E-state index contributed by atoms with van der Waals surface area (Å²) in [6.45, 7) is 2.87. The van der Waals surface area contributed by atoms with Crippen molar-refractivity contribution in [1.82, 2.24) is 9.78 Å². The highest BCUT2D eigenvalue weighted by molar-refractivity contribution is 9.13. The predicted molar refractivity (Wildman–Crippen MR) is 86.1 cm³/mol. The molecule has 6 heteroatoms. The minimum absolute atomic E-state index is 0.701. The molecule has 0 bridgehead atoms. The number of hydrogen-bond acceptors (Lipinski definition) is 2. The van der Waals surface area contributed by atoms with Gasteiger partial charge in [-0.15, -0.1) is 0 Å². The van der Waals surface area contributed by atoms with Crippen molar-refractivity contribution < 1.29 is 5.11 Å². The number of aryl methyl sites for hydroxylation is 1. The molecule has 0 aliphatic heterocycles. The summed E-state index contributed by atoms with van der Waals surface area (Å²) in [6.07, 6.45) is 1.99. The van der Waals surface area contributed by atoms with E-state index in [1.54, 1.807) is 6.20 Å². The Balaban J connectivity index is 2.40. The normalized spacial score (nSPS) is 12.7. The molecule has 0 amide bonds. The third kappa shape index (κ3) is 3.29. The molecule has 0 saturated heterocycles. The third-order valence-electron chi connectivity index (χ3n) is 2.79. The Labute approximate surface area is 137 Å². The van der Waals surface area contributed by atoms with Gasteiger partial charge >= 0.3 is 0 Å². The number of aliphatic hydroxyl groups excluding tert-OH is 1. The lowest BCUT2D eigenvalue weighted by Crippen LogP contribution is -2.10. The highest BCUT2D eigenvalue weighted by Crippen LogP contribution is 2.32. The second kappa shape index (κ2) is 6.52. The van der Waals surface area contributed by atoms with Crippen molar-refractivity contribution in [2.75, 3.05) is 0 Å². The topological polar surface area (TPSA) is 38.0 Å². The second-order valence-electron chi connectivity index (χ2n) is 4.18. The molecule has 3 nitrogen and oxygen atoms in total. The molecule has 102 valence electrons. The SMILES string of the molecule is CCCn1ncc(Br)c1C(O)c1ccc(Br)c(Br)c1. The number of benzene rings is 1. The summed E-state index contributed by atoms with van der Waals surface area (Å²) in [5, 5.41) is 14.8. The van der Waals surface area contributed by atoms with Crippen molar-refractivity contribution in [3.05, 3.63) is 49.1 Å². The fourth-order valence-corrected chi connectivity index (χ4v) is 3.03. The molecule has 1 unspecified atom stereocenters. The van der Waals surface area contributed by atoms with Crippen LogP contribution in [0.15, 0.2) is 37.8 Å². The highest BCUT2D eigenvalue weighted by Gasteiger charge is 2.19. The molecule has 2 aromatic rings. The smallest absolute Gasteiger partial charge is 0.122 e. The van der Waals surface area contributed by atoms with E-state index in [-0.39, 0.29) is 0 Å². The minimum atomic E-state index is -0.701. The number of rotatable bonds is 4. The Morgan fingerprint density at radius 1 is 1.21 bits per heavy atom. The summed E-state index contributed by atoms with van der Waals surface area (Å²) in [6, 6.07) is 5.72. The summed E-state index contributed by atoms with van der Waals surface area (Å²) in [4.78, 5) is 0. The summed E-state index contributed by atoms with van der Waals surface area (Å²) < 4.78 is 4.55. The third-order valence-corrected chi connectivity index (χ3v) is 5.28. The molecule has 0 spiro atoms. The average Bonchev–Trinajstić information content (AvgIpc) is 2.74. The Morgan fingerprint density at radius 2 is 1.95 bits per heavy atom. The second-order valence-corrected chi connectivity index (χ2v) is 6.74. The molecule has 0 saturated carbocycles. The summed E-state index contributed by atoms with van der Waals surface area (Å²) in [5.74, 6) is 0. The lowest BCUT2D eigenvalue weighted by molar-refractivity contribution is 0.206. The minimum Gasteiger partial charge on any atom is -0.382 e. The van der Waals surface area contributed by atoms with E-state index in [1.165, 1.54) is 0 Å². The van der Waals surface area contributed by atoms with E-state index in [9.17, 15) is 5.11 Å². The van der Waals surface area contributed by atoms with E-state index in [4.69, 9.17) is 0 Å². The van der Waals surface area contributed by atoms with Crippen LogP contribution in [0.5, 0.6) is 0 Å². The molecule has 1 aromatic heterocycles. The van der Waals surface area contributed by atoms with Gasteiger partial charge in [0.2, 0.25) is 0 Å².